The van der Waals surface area contributed by atoms with E-state index in [-0.39, 0.29) is 23.8 Å². The highest BCUT2D eigenvalue weighted by atomic mass is 19.1. The number of benzene rings is 1. The van der Waals surface area contributed by atoms with E-state index in [0.717, 1.165) is 35.0 Å². The van der Waals surface area contributed by atoms with Crippen LogP contribution < -0.4 is 15.3 Å². The van der Waals surface area contributed by atoms with Gasteiger partial charge in [0.25, 0.3) is 0 Å². The number of anilines is 1. The molecule has 1 aliphatic carbocycles. The number of pyridine rings is 2. The van der Waals surface area contributed by atoms with E-state index in [1.54, 1.807) is 21.7 Å². The van der Waals surface area contributed by atoms with Crippen molar-refractivity contribution in [1.82, 2.24) is 24.4 Å². The average molecular weight is 597 g/mol. The zero-order valence-corrected chi connectivity index (χ0v) is 25.8. The summed E-state index contributed by atoms with van der Waals surface area (Å²) in [7, 11) is 1.51. The number of rotatable bonds is 7. The van der Waals surface area contributed by atoms with Crippen LogP contribution in [0, 0.1) is 12.7 Å². The molecule has 0 spiro atoms. The summed E-state index contributed by atoms with van der Waals surface area (Å²) in [6, 6.07) is 8.33. The molecule has 2 aliphatic rings. The molecular weight excluding hydrogens is 559 g/mol. The number of hydrogen-bond acceptors (Lipinski definition) is 7. The lowest BCUT2D eigenvalue weighted by Crippen LogP contribution is -2.54. The summed E-state index contributed by atoms with van der Waals surface area (Å²) >= 11 is 0. The number of carbonyl (C=O) groups excluding carboxylic acids is 1. The molecule has 1 aliphatic heterocycles. The molecule has 2 fully saturated rings. The molecule has 4 aromatic rings. The largest absolute Gasteiger partial charge is 0.496 e. The molecule has 0 radical (unpaired) electrons. The molecule has 6 rings (SSSR count). The van der Waals surface area contributed by atoms with Gasteiger partial charge >= 0.3 is 5.69 Å². The molecule has 1 atom stereocenters. The minimum absolute atomic E-state index is 0.0319. The van der Waals surface area contributed by atoms with Crippen LogP contribution in [0.15, 0.2) is 54.0 Å². The maximum absolute atomic E-state index is 14.3. The van der Waals surface area contributed by atoms with E-state index < -0.39 is 11.5 Å². The summed E-state index contributed by atoms with van der Waals surface area (Å²) in [4.78, 5) is 45.1. The summed E-state index contributed by atoms with van der Waals surface area (Å²) in [5.41, 5.74) is 4.61. The Morgan fingerprint density at radius 1 is 1.16 bits per heavy atom. The minimum Gasteiger partial charge on any atom is -0.496 e. The van der Waals surface area contributed by atoms with Crippen molar-refractivity contribution in [2.45, 2.75) is 58.4 Å². The smallest absolute Gasteiger partial charge is 0.355 e. The van der Waals surface area contributed by atoms with Gasteiger partial charge in [-0.05, 0) is 80.0 Å². The molecule has 1 saturated carbocycles. The van der Waals surface area contributed by atoms with Crippen molar-refractivity contribution in [1.29, 1.82) is 0 Å². The number of methoxy groups -OCH3 is 1. The van der Waals surface area contributed by atoms with Gasteiger partial charge in [0.2, 0.25) is 5.91 Å². The predicted octanol–water partition coefficient (Wildman–Crippen LogP) is 5.52. The zero-order valence-electron chi connectivity index (χ0n) is 25.8. The fraction of sp³-hybridized carbons (Fsp3) is 0.382. The summed E-state index contributed by atoms with van der Waals surface area (Å²) in [5.74, 6) is 0.699. The molecule has 44 heavy (non-hydrogen) atoms. The Morgan fingerprint density at radius 3 is 2.59 bits per heavy atom. The number of aromatic nitrogens is 4. The van der Waals surface area contributed by atoms with Gasteiger partial charge in [-0.3, -0.25) is 9.78 Å². The maximum atomic E-state index is 14.3. The Hall–Kier alpha value is -4.60. The van der Waals surface area contributed by atoms with Crippen molar-refractivity contribution in [3.8, 4) is 22.7 Å². The minimum atomic E-state index is -0.467. The van der Waals surface area contributed by atoms with Gasteiger partial charge in [-0.15, -0.1) is 0 Å². The van der Waals surface area contributed by atoms with Gasteiger partial charge in [-0.25, -0.2) is 18.7 Å². The van der Waals surface area contributed by atoms with Crippen LogP contribution >= 0.6 is 0 Å². The van der Waals surface area contributed by atoms with E-state index in [9.17, 15) is 14.0 Å². The van der Waals surface area contributed by atoms with Gasteiger partial charge in [0, 0.05) is 43.5 Å². The lowest BCUT2D eigenvalue weighted by molar-refractivity contribution is -0.126. The van der Waals surface area contributed by atoms with Crippen LogP contribution in [0.2, 0.25) is 0 Å². The molecule has 10 heteroatoms. The van der Waals surface area contributed by atoms with Crippen molar-refractivity contribution in [3.63, 3.8) is 0 Å². The summed E-state index contributed by atoms with van der Waals surface area (Å²) < 4.78 is 21.5. The summed E-state index contributed by atoms with van der Waals surface area (Å²) in [5, 5.41) is 0.740. The summed E-state index contributed by atoms with van der Waals surface area (Å²) in [6.07, 6.45) is 5.09. The number of halogens is 1. The van der Waals surface area contributed by atoms with E-state index in [0.29, 0.717) is 53.8 Å². The molecule has 1 amide bonds. The van der Waals surface area contributed by atoms with Crippen molar-refractivity contribution in [2.75, 3.05) is 31.6 Å². The molecule has 0 N–H and O–H groups in total. The second-order valence-electron chi connectivity index (χ2n) is 12.0. The van der Waals surface area contributed by atoms with E-state index in [4.69, 9.17) is 14.7 Å². The zero-order chi connectivity index (χ0) is 31.3. The van der Waals surface area contributed by atoms with Crippen LogP contribution in [-0.4, -0.2) is 63.1 Å². The molecule has 4 heterocycles. The number of amides is 1. The van der Waals surface area contributed by atoms with Gasteiger partial charge < -0.3 is 14.5 Å². The maximum Gasteiger partial charge on any atom is 0.355 e. The van der Waals surface area contributed by atoms with Crippen LogP contribution in [0.4, 0.5) is 10.2 Å². The number of aryl methyl sites for hydroxylation is 1. The molecule has 228 valence electrons. The third kappa shape index (κ3) is 5.12. The SMILES string of the molecule is C=CC(=O)N1CCN(c2nc(=O)n(-c3c(C)ccnc3C(C)C)c3nc(-c4ccc(F)cc4OC)c(C4CC4)cc23)C(C)C1. The number of ether oxygens (including phenoxy) is 1. The highest BCUT2D eigenvalue weighted by Crippen LogP contribution is 2.47. The van der Waals surface area contributed by atoms with Crippen LogP contribution in [0.1, 0.15) is 62.3 Å². The number of piperazine rings is 1. The van der Waals surface area contributed by atoms with Gasteiger partial charge in [0.05, 0.1) is 29.6 Å². The first-order valence-corrected chi connectivity index (χ1v) is 15.1. The third-order valence-electron chi connectivity index (χ3n) is 8.62. The van der Waals surface area contributed by atoms with Gasteiger partial charge in [0.15, 0.2) is 5.65 Å². The number of fused-ring (bicyclic) bond motifs is 1. The standard InChI is InChI=1S/C34H37FN6O3/c1-7-28(42)39-14-15-40(21(5)18-39)32-26-17-25(22-8-9-22)30(24-11-10-23(35)16-27(24)44-6)37-33(26)41(34(43)38-32)31-20(4)12-13-36-29(31)19(2)3/h7,10-13,16-17,19,21-22H,1,8-9,14-15,18H2,2-6H3. The molecule has 1 saturated heterocycles. The van der Waals surface area contributed by atoms with Crippen LogP contribution in [-0.2, 0) is 4.79 Å². The fourth-order valence-electron chi connectivity index (χ4n) is 6.23. The Morgan fingerprint density at radius 2 is 1.93 bits per heavy atom. The van der Waals surface area contributed by atoms with Crippen molar-refractivity contribution in [3.05, 3.63) is 82.3 Å². The average Bonchev–Trinajstić information content (AvgIpc) is 3.85. The van der Waals surface area contributed by atoms with Crippen LogP contribution in [0.5, 0.6) is 5.75 Å². The molecule has 1 aromatic carbocycles. The van der Waals surface area contributed by atoms with Crippen molar-refractivity contribution >= 4 is 22.8 Å². The number of hydrogen-bond donors (Lipinski definition) is 0. The second-order valence-corrected chi connectivity index (χ2v) is 12.0. The van der Waals surface area contributed by atoms with Gasteiger partial charge in [-0.1, -0.05) is 20.4 Å². The first-order chi connectivity index (χ1) is 21.1. The monoisotopic (exact) mass is 596 g/mol. The quantitative estimate of drug-likeness (QED) is 0.259. The molecule has 0 bridgehead atoms. The first-order valence-electron chi connectivity index (χ1n) is 15.1. The van der Waals surface area contributed by atoms with Crippen LogP contribution in [0.3, 0.4) is 0 Å². The Bertz CT molecular complexity index is 1850. The molecule has 9 nitrogen and oxygen atoms in total. The Labute approximate surface area is 256 Å². The fourth-order valence-corrected chi connectivity index (χ4v) is 6.23. The van der Waals surface area contributed by atoms with Gasteiger partial charge in [-0.2, -0.15) is 4.98 Å². The molecule has 1 unspecified atom stereocenters. The first kappa shape index (κ1) is 29.5. The lowest BCUT2D eigenvalue weighted by Gasteiger charge is -2.40. The lowest BCUT2D eigenvalue weighted by atomic mass is 9.99. The van der Waals surface area contributed by atoms with E-state index >= 15 is 0 Å². The van der Waals surface area contributed by atoms with E-state index in [2.05, 4.69) is 22.5 Å². The molecule has 3 aromatic heterocycles. The van der Waals surface area contributed by atoms with Gasteiger partial charge in [0.1, 0.15) is 17.4 Å². The Kier molecular flexibility index (Phi) is 7.69. The third-order valence-corrected chi connectivity index (χ3v) is 8.62. The highest BCUT2D eigenvalue weighted by Gasteiger charge is 2.33. The van der Waals surface area contributed by atoms with Crippen molar-refractivity contribution in [2.24, 2.45) is 0 Å². The second kappa shape index (κ2) is 11.5. The normalized spacial score (nSPS) is 16.9. The topological polar surface area (TPSA) is 93.5 Å². The summed E-state index contributed by atoms with van der Waals surface area (Å²) in [6.45, 7) is 13.2. The predicted molar refractivity (Wildman–Crippen MR) is 169 cm³/mol. The van der Waals surface area contributed by atoms with Crippen LogP contribution in [0.25, 0.3) is 28.0 Å². The number of nitrogens with zero attached hydrogens (tertiary/aromatic N) is 6. The highest BCUT2D eigenvalue weighted by molar-refractivity contribution is 5.93. The van der Waals surface area contributed by atoms with E-state index in [1.165, 1.54) is 25.3 Å². The van der Waals surface area contributed by atoms with E-state index in [1.807, 2.05) is 33.8 Å². The van der Waals surface area contributed by atoms with Crippen molar-refractivity contribution < 1.29 is 13.9 Å². The number of carbonyl (C=O) groups is 1. The molecular formula is C34H37FN6O3. The Balaban J connectivity index is 1.67.